The number of nitrogens with zero attached hydrogens (tertiary/aromatic N) is 1. The summed E-state index contributed by atoms with van der Waals surface area (Å²) in [6.07, 6.45) is 2.46. The van der Waals surface area contributed by atoms with Crippen molar-refractivity contribution >= 4 is 17.3 Å². The van der Waals surface area contributed by atoms with Crippen LogP contribution in [0.2, 0.25) is 5.02 Å². The Kier molecular flexibility index (Phi) is 4.34. The number of benzene rings is 1. The van der Waals surface area contributed by atoms with Crippen LogP contribution in [0.25, 0.3) is 0 Å². The minimum atomic E-state index is 0.274. The lowest BCUT2D eigenvalue weighted by Crippen LogP contribution is -2.50. The van der Waals surface area contributed by atoms with Gasteiger partial charge < -0.3 is 10.6 Å². The Labute approximate surface area is 120 Å². The number of anilines is 1. The smallest absolute Gasteiger partial charge is 0.101 e. The predicted molar refractivity (Wildman–Crippen MR) is 79.5 cm³/mol. The molecule has 1 saturated heterocycles. The van der Waals surface area contributed by atoms with E-state index in [4.69, 9.17) is 16.9 Å². The number of hydrogen-bond acceptors (Lipinski definition) is 3. The number of piperidine rings is 1. The monoisotopic (exact) mass is 277 g/mol. The van der Waals surface area contributed by atoms with Gasteiger partial charge in [-0.05, 0) is 43.0 Å². The summed E-state index contributed by atoms with van der Waals surface area (Å²) in [6, 6.07) is 7.91. The summed E-state index contributed by atoms with van der Waals surface area (Å²) in [5.74, 6) is 0. The van der Waals surface area contributed by atoms with Crippen LogP contribution in [0, 0.1) is 16.7 Å². The summed E-state index contributed by atoms with van der Waals surface area (Å²) in [5, 5.41) is 16.7. The third kappa shape index (κ3) is 3.40. The minimum Gasteiger partial charge on any atom is -0.382 e. The standard InChI is InChI=1S/C15H20ClN3/c1-15(2)6-3-7-18-14(15)10-19-13-8-12(16)5-4-11(13)9-17/h4-5,8,14,18-19H,3,6-7,10H2,1-2H3. The quantitative estimate of drug-likeness (QED) is 0.890. The van der Waals surface area contributed by atoms with Crippen LogP contribution in [0.15, 0.2) is 18.2 Å². The van der Waals surface area contributed by atoms with Crippen molar-refractivity contribution in [2.75, 3.05) is 18.4 Å². The van der Waals surface area contributed by atoms with Gasteiger partial charge in [0.05, 0.1) is 11.3 Å². The molecule has 3 nitrogen and oxygen atoms in total. The Morgan fingerprint density at radius 3 is 3.00 bits per heavy atom. The molecule has 1 unspecified atom stereocenters. The molecule has 0 aromatic heterocycles. The molecule has 1 heterocycles. The van der Waals surface area contributed by atoms with Gasteiger partial charge in [-0.2, -0.15) is 5.26 Å². The molecule has 0 amide bonds. The van der Waals surface area contributed by atoms with Gasteiger partial charge in [-0.1, -0.05) is 25.4 Å². The zero-order valence-corrected chi connectivity index (χ0v) is 12.2. The fourth-order valence-electron chi connectivity index (χ4n) is 2.59. The number of hydrogen-bond donors (Lipinski definition) is 2. The van der Waals surface area contributed by atoms with Gasteiger partial charge >= 0.3 is 0 Å². The maximum absolute atomic E-state index is 9.10. The summed E-state index contributed by atoms with van der Waals surface area (Å²) in [5.41, 5.74) is 1.73. The second-order valence-electron chi connectivity index (χ2n) is 5.78. The first-order chi connectivity index (χ1) is 9.03. The Bertz CT molecular complexity index is 491. The Morgan fingerprint density at radius 1 is 1.53 bits per heavy atom. The topological polar surface area (TPSA) is 47.8 Å². The highest BCUT2D eigenvalue weighted by molar-refractivity contribution is 6.30. The molecule has 1 fully saturated rings. The molecule has 2 rings (SSSR count). The molecule has 1 aliphatic rings. The lowest BCUT2D eigenvalue weighted by atomic mass is 9.77. The largest absolute Gasteiger partial charge is 0.382 e. The molecule has 4 heteroatoms. The third-order valence-electron chi connectivity index (χ3n) is 3.93. The molecule has 19 heavy (non-hydrogen) atoms. The summed E-state index contributed by atoms with van der Waals surface area (Å²) in [7, 11) is 0. The first-order valence-electron chi connectivity index (χ1n) is 6.70. The summed E-state index contributed by atoms with van der Waals surface area (Å²) < 4.78 is 0. The average molecular weight is 278 g/mol. The molecule has 1 aromatic rings. The fourth-order valence-corrected chi connectivity index (χ4v) is 2.76. The first kappa shape index (κ1) is 14.2. The van der Waals surface area contributed by atoms with Gasteiger partial charge in [0.1, 0.15) is 6.07 Å². The molecule has 2 N–H and O–H groups in total. The first-order valence-corrected chi connectivity index (χ1v) is 7.07. The number of nitriles is 1. The maximum Gasteiger partial charge on any atom is 0.101 e. The lowest BCUT2D eigenvalue weighted by Gasteiger charge is -2.39. The third-order valence-corrected chi connectivity index (χ3v) is 4.17. The number of nitrogens with one attached hydrogen (secondary N) is 2. The Balaban J connectivity index is 2.06. The van der Waals surface area contributed by atoms with Crippen molar-refractivity contribution in [3.63, 3.8) is 0 Å². The second kappa shape index (κ2) is 5.81. The van der Waals surface area contributed by atoms with E-state index in [1.807, 2.05) is 6.07 Å². The van der Waals surface area contributed by atoms with Gasteiger partial charge in [-0.25, -0.2) is 0 Å². The van der Waals surface area contributed by atoms with E-state index in [1.165, 1.54) is 12.8 Å². The van der Waals surface area contributed by atoms with E-state index in [0.29, 0.717) is 16.6 Å². The van der Waals surface area contributed by atoms with Crippen LogP contribution in [0.4, 0.5) is 5.69 Å². The van der Waals surface area contributed by atoms with Crippen LogP contribution in [0.5, 0.6) is 0 Å². The van der Waals surface area contributed by atoms with Gasteiger partial charge in [0, 0.05) is 17.6 Å². The number of halogens is 1. The average Bonchev–Trinajstić information content (AvgIpc) is 2.37. The van der Waals surface area contributed by atoms with E-state index in [9.17, 15) is 0 Å². The molecular formula is C15H20ClN3. The van der Waals surface area contributed by atoms with Gasteiger partial charge in [0.15, 0.2) is 0 Å². The number of rotatable bonds is 3. The van der Waals surface area contributed by atoms with E-state index in [2.05, 4.69) is 30.6 Å². The Hall–Kier alpha value is -1.24. The maximum atomic E-state index is 9.10. The highest BCUT2D eigenvalue weighted by atomic mass is 35.5. The molecule has 0 aliphatic carbocycles. The molecule has 0 bridgehead atoms. The van der Waals surface area contributed by atoms with Gasteiger partial charge in [-0.15, -0.1) is 0 Å². The highest BCUT2D eigenvalue weighted by Crippen LogP contribution is 2.30. The zero-order chi connectivity index (χ0) is 13.9. The lowest BCUT2D eigenvalue weighted by molar-refractivity contribution is 0.188. The summed E-state index contributed by atoms with van der Waals surface area (Å²) in [4.78, 5) is 0. The van der Waals surface area contributed by atoms with Gasteiger partial charge in [-0.3, -0.25) is 0 Å². The summed E-state index contributed by atoms with van der Waals surface area (Å²) >= 11 is 5.99. The van der Waals surface area contributed by atoms with Gasteiger partial charge in [0.2, 0.25) is 0 Å². The fraction of sp³-hybridized carbons (Fsp3) is 0.533. The summed E-state index contributed by atoms with van der Waals surface area (Å²) in [6.45, 7) is 6.45. The predicted octanol–water partition coefficient (Wildman–Crippen LogP) is 3.40. The van der Waals surface area contributed by atoms with Crippen molar-refractivity contribution in [2.45, 2.75) is 32.7 Å². The molecule has 0 radical (unpaired) electrons. The molecular weight excluding hydrogens is 258 g/mol. The van der Waals surface area contributed by atoms with Crippen molar-refractivity contribution in [2.24, 2.45) is 5.41 Å². The molecule has 1 aliphatic heterocycles. The van der Waals surface area contributed by atoms with E-state index in [-0.39, 0.29) is 5.41 Å². The van der Waals surface area contributed by atoms with E-state index in [1.54, 1.807) is 12.1 Å². The highest BCUT2D eigenvalue weighted by Gasteiger charge is 2.31. The normalized spacial score (nSPS) is 21.7. The zero-order valence-electron chi connectivity index (χ0n) is 11.5. The van der Waals surface area contributed by atoms with Crippen molar-refractivity contribution in [3.05, 3.63) is 28.8 Å². The van der Waals surface area contributed by atoms with Crippen molar-refractivity contribution < 1.29 is 0 Å². The van der Waals surface area contributed by atoms with E-state index in [0.717, 1.165) is 18.8 Å². The Morgan fingerprint density at radius 2 is 2.32 bits per heavy atom. The van der Waals surface area contributed by atoms with Crippen LogP contribution in [-0.4, -0.2) is 19.1 Å². The van der Waals surface area contributed by atoms with Crippen molar-refractivity contribution in [3.8, 4) is 6.07 Å². The van der Waals surface area contributed by atoms with E-state index < -0.39 is 0 Å². The molecule has 1 aromatic carbocycles. The second-order valence-corrected chi connectivity index (χ2v) is 6.22. The van der Waals surface area contributed by atoms with E-state index >= 15 is 0 Å². The van der Waals surface area contributed by atoms with Crippen LogP contribution < -0.4 is 10.6 Å². The van der Waals surface area contributed by atoms with Crippen LogP contribution in [0.3, 0.4) is 0 Å². The van der Waals surface area contributed by atoms with Crippen molar-refractivity contribution in [1.82, 2.24) is 5.32 Å². The molecule has 1 atom stereocenters. The van der Waals surface area contributed by atoms with Gasteiger partial charge in [0.25, 0.3) is 0 Å². The van der Waals surface area contributed by atoms with Crippen LogP contribution in [0.1, 0.15) is 32.3 Å². The SMILES string of the molecule is CC1(C)CCCNC1CNc1cc(Cl)ccc1C#N. The molecule has 102 valence electrons. The molecule has 0 spiro atoms. The minimum absolute atomic E-state index is 0.274. The van der Waals surface area contributed by atoms with Crippen molar-refractivity contribution in [1.29, 1.82) is 5.26 Å². The van der Waals surface area contributed by atoms with Crippen LogP contribution >= 0.6 is 11.6 Å². The van der Waals surface area contributed by atoms with Crippen LogP contribution in [-0.2, 0) is 0 Å². The molecule has 0 saturated carbocycles.